The molecule has 0 fully saturated rings. The number of benzene rings is 1. The van der Waals surface area contributed by atoms with E-state index < -0.39 is 0 Å². The number of aliphatic imine (C=N–C) groups is 1. The van der Waals surface area contributed by atoms with Gasteiger partial charge in [0.25, 0.3) is 0 Å². The molecule has 3 N–H and O–H groups in total. The second-order valence-electron chi connectivity index (χ2n) is 6.60. The first-order valence-electron chi connectivity index (χ1n) is 10.2. The standard InChI is InChI=1S/C22H32N4O3/c1-3-7-21(27)26-19-11-9-18(10-12-19)16-25-22(23-4-2)24-13-6-14-28-17-20-8-5-15-29-20/h5,8-12,15H,3-4,6-7,13-14,16-17H2,1-2H3,(H,26,27)(H2,23,24,25). The van der Waals surface area contributed by atoms with E-state index in [9.17, 15) is 4.79 Å². The normalized spacial score (nSPS) is 11.3. The lowest BCUT2D eigenvalue weighted by Crippen LogP contribution is -2.38. The minimum atomic E-state index is 0.0463. The lowest BCUT2D eigenvalue weighted by atomic mass is 10.2. The Hall–Kier alpha value is -2.80. The number of hydrogen-bond donors (Lipinski definition) is 3. The average Bonchev–Trinajstić information content (AvgIpc) is 3.23. The van der Waals surface area contributed by atoms with Crippen molar-refractivity contribution in [3.63, 3.8) is 0 Å². The van der Waals surface area contributed by atoms with Gasteiger partial charge in [-0.15, -0.1) is 0 Å². The highest BCUT2D eigenvalue weighted by atomic mass is 16.5. The number of nitrogens with zero attached hydrogens (tertiary/aromatic N) is 1. The zero-order chi connectivity index (χ0) is 20.7. The highest BCUT2D eigenvalue weighted by Crippen LogP contribution is 2.11. The van der Waals surface area contributed by atoms with Crippen molar-refractivity contribution in [3.05, 3.63) is 54.0 Å². The third kappa shape index (κ3) is 9.30. The monoisotopic (exact) mass is 400 g/mol. The minimum absolute atomic E-state index is 0.0463. The second kappa shape index (κ2) is 13.4. The first kappa shape index (κ1) is 22.5. The van der Waals surface area contributed by atoms with E-state index in [1.54, 1.807) is 6.26 Å². The van der Waals surface area contributed by atoms with Gasteiger partial charge in [-0.1, -0.05) is 19.1 Å². The van der Waals surface area contributed by atoms with Crippen LogP contribution in [0.1, 0.15) is 44.4 Å². The van der Waals surface area contributed by atoms with Crippen LogP contribution in [0.4, 0.5) is 5.69 Å². The van der Waals surface area contributed by atoms with Gasteiger partial charge in [0.1, 0.15) is 12.4 Å². The van der Waals surface area contributed by atoms with Crippen LogP contribution in [0.2, 0.25) is 0 Å². The fourth-order valence-corrected chi connectivity index (χ4v) is 2.60. The predicted molar refractivity (Wildman–Crippen MR) is 116 cm³/mol. The zero-order valence-corrected chi connectivity index (χ0v) is 17.4. The smallest absolute Gasteiger partial charge is 0.224 e. The molecule has 0 radical (unpaired) electrons. The molecule has 1 aromatic heterocycles. The van der Waals surface area contributed by atoms with Crippen molar-refractivity contribution in [2.45, 2.75) is 46.3 Å². The van der Waals surface area contributed by atoms with Gasteiger partial charge in [-0.3, -0.25) is 4.79 Å². The van der Waals surface area contributed by atoms with Crippen molar-refractivity contribution in [1.82, 2.24) is 10.6 Å². The highest BCUT2D eigenvalue weighted by Gasteiger charge is 2.02. The Bertz CT molecular complexity index is 727. The van der Waals surface area contributed by atoms with Crippen molar-refractivity contribution < 1.29 is 13.9 Å². The summed E-state index contributed by atoms with van der Waals surface area (Å²) >= 11 is 0. The molecule has 0 saturated carbocycles. The summed E-state index contributed by atoms with van der Waals surface area (Å²) in [5, 5.41) is 9.45. The maximum absolute atomic E-state index is 11.6. The SMILES string of the molecule is CCCC(=O)Nc1ccc(CN=C(NCC)NCCCOCc2ccco2)cc1. The van der Waals surface area contributed by atoms with Crippen molar-refractivity contribution >= 4 is 17.6 Å². The number of rotatable bonds is 12. The van der Waals surface area contributed by atoms with Gasteiger partial charge in [-0.2, -0.15) is 0 Å². The Morgan fingerprint density at radius 2 is 1.97 bits per heavy atom. The quantitative estimate of drug-likeness (QED) is 0.287. The van der Waals surface area contributed by atoms with Crippen LogP contribution in [0.25, 0.3) is 0 Å². The van der Waals surface area contributed by atoms with Gasteiger partial charge in [0.15, 0.2) is 5.96 Å². The van der Waals surface area contributed by atoms with E-state index in [2.05, 4.69) is 20.9 Å². The second-order valence-corrected chi connectivity index (χ2v) is 6.60. The van der Waals surface area contributed by atoms with Gasteiger partial charge in [0.2, 0.25) is 5.91 Å². The number of hydrogen-bond acceptors (Lipinski definition) is 4. The fraction of sp³-hybridized carbons (Fsp3) is 0.455. The molecule has 7 heteroatoms. The number of furan rings is 1. The molecule has 1 heterocycles. The molecule has 0 atom stereocenters. The Kier molecular flexibility index (Phi) is 10.4. The molecule has 0 unspecified atom stereocenters. The number of guanidine groups is 1. The topological polar surface area (TPSA) is 87.9 Å². The Balaban J connectivity index is 1.70. The lowest BCUT2D eigenvalue weighted by Gasteiger charge is -2.11. The van der Waals surface area contributed by atoms with E-state index >= 15 is 0 Å². The summed E-state index contributed by atoms with van der Waals surface area (Å²) in [6.45, 7) is 7.31. The summed E-state index contributed by atoms with van der Waals surface area (Å²) in [7, 11) is 0. The van der Waals surface area contributed by atoms with E-state index in [0.29, 0.717) is 26.2 Å². The average molecular weight is 401 g/mol. The summed E-state index contributed by atoms with van der Waals surface area (Å²) in [6, 6.07) is 11.5. The van der Waals surface area contributed by atoms with Crippen LogP contribution < -0.4 is 16.0 Å². The fourth-order valence-electron chi connectivity index (χ4n) is 2.60. The van der Waals surface area contributed by atoms with E-state index in [-0.39, 0.29) is 5.91 Å². The molecule has 29 heavy (non-hydrogen) atoms. The number of amides is 1. The largest absolute Gasteiger partial charge is 0.467 e. The van der Waals surface area contributed by atoms with Crippen LogP contribution in [0.3, 0.4) is 0 Å². The Labute approximate surface area is 172 Å². The molecule has 0 saturated heterocycles. The van der Waals surface area contributed by atoms with E-state index in [1.807, 2.05) is 50.2 Å². The number of carbonyl (C=O) groups excluding carboxylic acids is 1. The molecular formula is C22H32N4O3. The minimum Gasteiger partial charge on any atom is -0.467 e. The highest BCUT2D eigenvalue weighted by molar-refractivity contribution is 5.90. The van der Waals surface area contributed by atoms with Crippen LogP contribution in [0.5, 0.6) is 0 Å². The van der Waals surface area contributed by atoms with Crippen LogP contribution >= 0.6 is 0 Å². The van der Waals surface area contributed by atoms with Gasteiger partial charge < -0.3 is 25.1 Å². The summed E-state index contributed by atoms with van der Waals surface area (Å²) in [5.41, 5.74) is 1.90. The van der Waals surface area contributed by atoms with Gasteiger partial charge >= 0.3 is 0 Å². The van der Waals surface area contributed by atoms with Gasteiger partial charge in [-0.25, -0.2) is 4.99 Å². The first-order valence-corrected chi connectivity index (χ1v) is 10.2. The summed E-state index contributed by atoms with van der Waals surface area (Å²) in [4.78, 5) is 16.3. The zero-order valence-electron chi connectivity index (χ0n) is 17.4. The van der Waals surface area contributed by atoms with Crippen molar-refractivity contribution in [2.24, 2.45) is 4.99 Å². The summed E-state index contributed by atoms with van der Waals surface area (Å²) in [6.07, 6.45) is 3.90. The predicted octanol–water partition coefficient (Wildman–Crippen LogP) is 3.68. The maximum Gasteiger partial charge on any atom is 0.224 e. The number of carbonyl (C=O) groups is 1. The first-order chi connectivity index (χ1) is 14.2. The van der Waals surface area contributed by atoms with Crippen molar-refractivity contribution in [3.8, 4) is 0 Å². The molecule has 2 rings (SSSR count). The van der Waals surface area contributed by atoms with Gasteiger partial charge in [-0.05, 0) is 49.6 Å². The van der Waals surface area contributed by atoms with E-state index in [1.165, 1.54) is 0 Å². The van der Waals surface area contributed by atoms with Gasteiger partial charge in [0.05, 0.1) is 12.8 Å². The molecule has 0 bridgehead atoms. The molecule has 158 valence electrons. The Morgan fingerprint density at radius 1 is 1.14 bits per heavy atom. The molecule has 0 aliphatic rings. The molecule has 0 spiro atoms. The van der Waals surface area contributed by atoms with Crippen molar-refractivity contribution in [1.29, 1.82) is 0 Å². The number of ether oxygens (including phenoxy) is 1. The molecule has 7 nitrogen and oxygen atoms in total. The van der Waals surface area contributed by atoms with E-state index in [4.69, 9.17) is 9.15 Å². The van der Waals surface area contributed by atoms with Crippen LogP contribution in [0, 0.1) is 0 Å². The Morgan fingerprint density at radius 3 is 2.66 bits per heavy atom. The van der Waals surface area contributed by atoms with Crippen LogP contribution in [0.15, 0.2) is 52.1 Å². The van der Waals surface area contributed by atoms with Crippen LogP contribution in [-0.4, -0.2) is 31.6 Å². The molecule has 2 aromatic rings. The molecule has 0 aliphatic carbocycles. The summed E-state index contributed by atoms with van der Waals surface area (Å²) in [5.74, 6) is 1.66. The molecule has 0 aliphatic heterocycles. The molecule has 1 aromatic carbocycles. The molecular weight excluding hydrogens is 368 g/mol. The lowest BCUT2D eigenvalue weighted by molar-refractivity contribution is -0.116. The third-order valence-electron chi connectivity index (χ3n) is 4.06. The van der Waals surface area contributed by atoms with Gasteiger partial charge in [0, 0.05) is 31.8 Å². The number of nitrogens with one attached hydrogen (secondary N) is 3. The van der Waals surface area contributed by atoms with E-state index in [0.717, 1.165) is 48.9 Å². The third-order valence-corrected chi connectivity index (χ3v) is 4.06. The number of anilines is 1. The van der Waals surface area contributed by atoms with Crippen molar-refractivity contribution in [2.75, 3.05) is 25.0 Å². The molecule has 1 amide bonds. The summed E-state index contributed by atoms with van der Waals surface area (Å²) < 4.78 is 10.8. The van der Waals surface area contributed by atoms with Crippen LogP contribution in [-0.2, 0) is 22.7 Å². The maximum atomic E-state index is 11.6.